The molecule has 3 aromatic rings. The van der Waals surface area contributed by atoms with Crippen LogP contribution in [0.3, 0.4) is 0 Å². The number of hydrogen-bond donors (Lipinski definition) is 2. The lowest BCUT2D eigenvalue weighted by Crippen LogP contribution is -2.34. The van der Waals surface area contributed by atoms with Crippen LogP contribution in [0.5, 0.6) is 5.75 Å². The largest absolute Gasteiger partial charge is 0.479 e. The van der Waals surface area contributed by atoms with Crippen LogP contribution in [0, 0.1) is 0 Å². The highest BCUT2D eigenvalue weighted by molar-refractivity contribution is 7.20. The molecule has 0 bridgehead atoms. The lowest BCUT2D eigenvalue weighted by Gasteiger charge is -2.23. The van der Waals surface area contributed by atoms with Crippen molar-refractivity contribution < 1.29 is 14.3 Å². The van der Waals surface area contributed by atoms with E-state index in [0.29, 0.717) is 22.8 Å². The Morgan fingerprint density at radius 2 is 2.20 bits per heavy atom. The summed E-state index contributed by atoms with van der Waals surface area (Å²) in [5.41, 5.74) is 1.46. The second-order valence-corrected chi connectivity index (χ2v) is 7.24. The highest BCUT2D eigenvalue weighted by atomic mass is 32.1. The Morgan fingerprint density at radius 1 is 1.32 bits per heavy atom. The summed E-state index contributed by atoms with van der Waals surface area (Å²) in [6.07, 6.45) is -0.529. The van der Waals surface area contributed by atoms with Gasteiger partial charge in [0, 0.05) is 11.1 Å². The normalized spacial score (nSPS) is 15.9. The predicted molar refractivity (Wildman–Crippen MR) is 98.5 cm³/mol. The molecule has 2 N–H and O–H groups in total. The summed E-state index contributed by atoms with van der Waals surface area (Å²) in [5, 5.41) is 10.1. The van der Waals surface area contributed by atoms with Crippen molar-refractivity contribution in [2.75, 3.05) is 10.6 Å². The van der Waals surface area contributed by atoms with E-state index in [0.717, 1.165) is 9.88 Å². The van der Waals surface area contributed by atoms with Crippen molar-refractivity contribution in [3.63, 3.8) is 0 Å². The third-order valence-electron chi connectivity index (χ3n) is 3.64. The maximum atomic E-state index is 12.4. The number of benzene rings is 1. The molecule has 3 heterocycles. The number of aromatic nitrogens is 1. The van der Waals surface area contributed by atoms with Crippen molar-refractivity contribution in [2.45, 2.75) is 13.0 Å². The van der Waals surface area contributed by atoms with Crippen LogP contribution < -0.4 is 15.4 Å². The summed E-state index contributed by atoms with van der Waals surface area (Å²) < 4.78 is 5.50. The fourth-order valence-corrected chi connectivity index (χ4v) is 3.99. The Labute approximate surface area is 151 Å². The number of ether oxygens (including phenoxy) is 1. The molecule has 25 heavy (non-hydrogen) atoms. The maximum Gasteiger partial charge on any atom is 0.275 e. The minimum Gasteiger partial charge on any atom is -0.479 e. The molecule has 0 fully saturated rings. The van der Waals surface area contributed by atoms with Crippen LogP contribution in [0.25, 0.3) is 9.88 Å². The van der Waals surface area contributed by atoms with E-state index in [2.05, 4.69) is 15.6 Å². The van der Waals surface area contributed by atoms with Gasteiger partial charge in [0.15, 0.2) is 6.10 Å². The third-order valence-corrected chi connectivity index (χ3v) is 5.52. The predicted octanol–water partition coefficient (Wildman–Crippen LogP) is 3.84. The summed E-state index contributed by atoms with van der Waals surface area (Å²) in [5.74, 6) is 0.0743. The highest BCUT2D eigenvalue weighted by Gasteiger charge is 2.23. The van der Waals surface area contributed by atoms with Gasteiger partial charge in [0.1, 0.15) is 16.5 Å². The minimum absolute atomic E-state index is 0.212. The van der Waals surface area contributed by atoms with Crippen molar-refractivity contribution >= 4 is 45.9 Å². The number of carbonyl (C=O) groups excluding carboxylic acids is 2. The number of nitrogens with one attached hydrogen (secondary N) is 2. The zero-order chi connectivity index (χ0) is 17.4. The quantitative estimate of drug-likeness (QED) is 0.733. The Kier molecular flexibility index (Phi) is 3.98. The van der Waals surface area contributed by atoms with Gasteiger partial charge in [0.25, 0.3) is 11.8 Å². The van der Waals surface area contributed by atoms with Crippen LogP contribution >= 0.6 is 22.7 Å². The average Bonchev–Trinajstić information content (AvgIpc) is 3.27. The molecule has 0 spiro atoms. The van der Waals surface area contributed by atoms with Gasteiger partial charge >= 0.3 is 0 Å². The number of fused-ring (bicyclic) bond motifs is 1. The molecule has 1 unspecified atom stereocenters. The van der Waals surface area contributed by atoms with Crippen molar-refractivity contribution in [2.24, 2.45) is 0 Å². The van der Waals surface area contributed by atoms with Gasteiger partial charge < -0.3 is 15.4 Å². The minimum atomic E-state index is -0.529. The fraction of sp³-hybridized carbons (Fsp3) is 0.118. The van der Waals surface area contributed by atoms with Gasteiger partial charge in [-0.15, -0.1) is 22.7 Å². The van der Waals surface area contributed by atoms with E-state index in [1.165, 1.54) is 11.3 Å². The van der Waals surface area contributed by atoms with Crippen molar-refractivity contribution in [1.29, 1.82) is 0 Å². The van der Waals surface area contributed by atoms with Gasteiger partial charge in [-0.25, -0.2) is 4.98 Å². The van der Waals surface area contributed by atoms with Crippen LogP contribution in [-0.2, 0) is 4.79 Å². The van der Waals surface area contributed by atoms with Crippen LogP contribution in [0.4, 0.5) is 11.4 Å². The molecule has 0 saturated heterocycles. The number of carbonyl (C=O) groups is 2. The lowest BCUT2D eigenvalue weighted by atomic mass is 10.2. The van der Waals surface area contributed by atoms with Crippen LogP contribution in [-0.4, -0.2) is 22.9 Å². The standard InChI is InChI=1S/C17H13N3O3S2/c1-9-15(21)19-11-7-10(4-5-13(11)23-9)18-16(22)12-8-25-17(20-12)14-3-2-6-24-14/h2-9H,1H3,(H,18,22)(H,19,21). The van der Waals surface area contributed by atoms with Crippen molar-refractivity contribution in [3.8, 4) is 15.6 Å². The maximum absolute atomic E-state index is 12.4. The first-order valence-corrected chi connectivity index (χ1v) is 9.28. The van der Waals surface area contributed by atoms with Gasteiger partial charge in [-0.1, -0.05) is 6.07 Å². The number of rotatable bonds is 3. The van der Waals surface area contributed by atoms with Crippen LogP contribution in [0.1, 0.15) is 17.4 Å². The number of thiophene rings is 1. The van der Waals surface area contributed by atoms with E-state index in [4.69, 9.17) is 4.74 Å². The first-order chi connectivity index (χ1) is 12.1. The molecule has 2 aromatic heterocycles. The van der Waals surface area contributed by atoms with Crippen molar-refractivity contribution in [3.05, 3.63) is 46.8 Å². The second kappa shape index (κ2) is 6.30. The molecular weight excluding hydrogens is 358 g/mol. The lowest BCUT2D eigenvalue weighted by molar-refractivity contribution is -0.122. The van der Waals surface area contributed by atoms with E-state index in [-0.39, 0.29) is 11.8 Å². The van der Waals surface area contributed by atoms with Gasteiger partial charge in [0.2, 0.25) is 0 Å². The first-order valence-electron chi connectivity index (χ1n) is 7.52. The average molecular weight is 371 g/mol. The molecule has 6 nitrogen and oxygen atoms in total. The summed E-state index contributed by atoms with van der Waals surface area (Å²) in [6, 6.07) is 9.04. The smallest absolute Gasteiger partial charge is 0.275 e. The topological polar surface area (TPSA) is 80.3 Å². The van der Waals surface area contributed by atoms with Gasteiger partial charge in [-0.2, -0.15) is 0 Å². The van der Waals surface area contributed by atoms with E-state index in [1.807, 2.05) is 17.5 Å². The van der Waals surface area contributed by atoms with Gasteiger partial charge in [0.05, 0.1) is 10.6 Å². The Hall–Kier alpha value is -2.71. The zero-order valence-corrected chi connectivity index (χ0v) is 14.7. The molecule has 0 saturated carbocycles. The Morgan fingerprint density at radius 3 is 3.00 bits per heavy atom. The number of anilines is 2. The zero-order valence-electron chi connectivity index (χ0n) is 13.1. The molecule has 4 rings (SSSR count). The van der Waals surface area contributed by atoms with Crippen molar-refractivity contribution in [1.82, 2.24) is 4.98 Å². The SMILES string of the molecule is CC1Oc2ccc(NC(=O)c3csc(-c4cccs4)n3)cc2NC1=O. The number of thiazole rings is 1. The van der Waals surface area contributed by atoms with E-state index in [9.17, 15) is 9.59 Å². The number of amides is 2. The van der Waals surface area contributed by atoms with Crippen LogP contribution in [0.15, 0.2) is 41.1 Å². The highest BCUT2D eigenvalue weighted by Crippen LogP contribution is 2.32. The Balaban J connectivity index is 1.52. The molecule has 1 aliphatic rings. The molecule has 1 atom stereocenters. The molecular formula is C17H13N3O3S2. The Bertz CT molecular complexity index is 950. The molecule has 126 valence electrons. The molecule has 1 aliphatic heterocycles. The summed E-state index contributed by atoms with van der Waals surface area (Å²) >= 11 is 3.01. The van der Waals surface area contributed by atoms with E-state index in [1.54, 1.807) is 41.8 Å². The van der Waals surface area contributed by atoms with E-state index >= 15 is 0 Å². The van der Waals surface area contributed by atoms with Gasteiger partial charge in [-0.3, -0.25) is 9.59 Å². The molecule has 0 radical (unpaired) electrons. The van der Waals surface area contributed by atoms with E-state index < -0.39 is 6.10 Å². The number of nitrogens with zero attached hydrogens (tertiary/aromatic N) is 1. The summed E-state index contributed by atoms with van der Waals surface area (Å²) in [6.45, 7) is 1.68. The fourth-order valence-electron chi connectivity index (χ4n) is 2.37. The summed E-state index contributed by atoms with van der Waals surface area (Å²) in [4.78, 5) is 29.5. The third kappa shape index (κ3) is 3.13. The molecule has 1 aromatic carbocycles. The van der Waals surface area contributed by atoms with Gasteiger partial charge in [-0.05, 0) is 36.6 Å². The monoisotopic (exact) mass is 371 g/mol. The molecule has 8 heteroatoms. The molecule has 2 amide bonds. The summed E-state index contributed by atoms with van der Waals surface area (Å²) in [7, 11) is 0. The van der Waals surface area contributed by atoms with Crippen LogP contribution in [0.2, 0.25) is 0 Å². The first kappa shape index (κ1) is 15.8. The second-order valence-electron chi connectivity index (χ2n) is 5.43. The number of hydrogen-bond acceptors (Lipinski definition) is 6. The molecule has 0 aliphatic carbocycles.